The molecule has 0 bridgehead atoms. The van der Waals surface area contributed by atoms with Crippen LogP contribution in [-0.2, 0) is 0 Å². The van der Waals surface area contributed by atoms with Crippen LogP contribution < -0.4 is 0 Å². The van der Waals surface area contributed by atoms with Gasteiger partial charge < -0.3 is 5.11 Å². The second-order valence-electron chi connectivity index (χ2n) is 2.98. The molecule has 0 aliphatic heterocycles. The van der Waals surface area contributed by atoms with Gasteiger partial charge in [-0.25, -0.2) is 4.39 Å². The van der Waals surface area contributed by atoms with E-state index < -0.39 is 11.9 Å². The average molecular weight is 213 g/mol. The minimum absolute atomic E-state index is 0.0890. The molecule has 1 aromatic rings. The molecule has 1 unspecified atom stereocenters. The molecular formula is C11H10ClFO. The molecule has 0 fully saturated rings. The van der Waals surface area contributed by atoms with E-state index in [1.165, 1.54) is 12.1 Å². The number of hydrogen-bond acceptors (Lipinski definition) is 1. The summed E-state index contributed by atoms with van der Waals surface area (Å²) < 4.78 is 12.9. The lowest BCUT2D eigenvalue weighted by atomic mass is 10.2. The molecule has 0 heterocycles. The van der Waals surface area contributed by atoms with Gasteiger partial charge in [-0.15, -0.1) is 0 Å². The van der Waals surface area contributed by atoms with Crippen LogP contribution in [-0.4, -0.2) is 11.2 Å². The van der Waals surface area contributed by atoms with E-state index in [4.69, 9.17) is 16.7 Å². The van der Waals surface area contributed by atoms with Crippen molar-refractivity contribution in [1.82, 2.24) is 0 Å². The fourth-order valence-electron chi connectivity index (χ4n) is 0.875. The van der Waals surface area contributed by atoms with Crippen LogP contribution in [0.3, 0.4) is 0 Å². The smallest absolute Gasteiger partial charge is 0.143 e. The summed E-state index contributed by atoms with van der Waals surface area (Å²) in [5.74, 6) is 5.00. The molecule has 0 aliphatic carbocycles. The lowest BCUT2D eigenvalue weighted by Crippen LogP contribution is -1.95. The minimum atomic E-state index is -0.476. The zero-order valence-corrected chi connectivity index (χ0v) is 8.48. The van der Waals surface area contributed by atoms with Gasteiger partial charge in [0.1, 0.15) is 5.82 Å². The Balaban J connectivity index is 2.76. The zero-order chi connectivity index (χ0) is 10.6. The van der Waals surface area contributed by atoms with Gasteiger partial charge in [0.2, 0.25) is 0 Å². The maximum Gasteiger partial charge on any atom is 0.143 e. The van der Waals surface area contributed by atoms with E-state index in [1.54, 1.807) is 13.0 Å². The second kappa shape index (κ2) is 4.99. The molecule has 0 amide bonds. The number of halogens is 2. The number of aliphatic hydroxyl groups is 1. The summed E-state index contributed by atoms with van der Waals surface area (Å²) in [6.45, 7) is 1.65. The van der Waals surface area contributed by atoms with Crippen LogP contribution in [0.15, 0.2) is 18.2 Å². The number of benzene rings is 1. The largest absolute Gasteiger partial charge is 0.392 e. The van der Waals surface area contributed by atoms with Gasteiger partial charge in [0.05, 0.1) is 11.1 Å². The monoisotopic (exact) mass is 212 g/mol. The SMILES string of the molecule is CC(O)CC#Cc1ccc(Cl)c(F)c1. The Bertz CT molecular complexity index is 377. The van der Waals surface area contributed by atoms with E-state index in [-0.39, 0.29) is 5.02 Å². The fourth-order valence-corrected chi connectivity index (χ4v) is 0.992. The first-order chi connectivity index (χ1) is 6.59. The van der Waals surface area contributed by atoms with Gasteiger partial charge >= 0.3 is 0 Å². The van der Waals surface area contributed by atoms with E-state index >= 15 is 0 Å². The molecule has 0 radical (unpaired) electrons. The van der Waals surface area contributed by atoms with Crippen molar-refractivity contribution >= 4 is 11.6 Å². The molecule has 1 aromatic carbocycles. The van der Waals surface area contributed by atoms with Crippen LogP contribution in [0, 0.1) is 17.7 Å². The van der Waals surface area contributed by atoms with Crippen LogP contribution in [0.1, 0.15) is 18.9 Å². The molecular weight excluding hydrogens is 203 g/mol. The maximum atomic E-state index is 12.9. The molecule has 0 aliphatic rings. The summed E-state index contributed by atoms with van der Waals surface area (Å²) in [6, 6.07) is 4.38. The molecule has 74 valence electrons. The highest BCUT2D eigenvalue weighted by Crippen LogP contribution is 2.14. The third kappa shape index (κ3) is 3.37. The Kier molecular flexibility index (Phi) is 3.94. The maximum absolute atomic E-state index is 12.9. The van der Waals surface area contributed by atoms with Crippen molar-refractivity contribution in [2.75, 3.05) is 0 Å². The Morgan fingerprint density at radius 1 is 1.57 bits per heavy atom. The van der Waals surface area contributed by atoms with Gasteiger partial charge in [0.15, 0.2) is 0 Å². The molecule has 1 nitrogen and oxygen atoms in total. The van der Waals surface area contributed by atoms with Crippen molar-refractivity contribution < 1.29 is 9.50 Å². The first kappa shape index (κ1) is 11.0. The summed E-state index contributed by atoms with van der Waals surface area (Å²) in [7, 11) is 0. The van der Waals surface area contributed by atoms with Crippen LogP contribution >= 0.6 is 11.6 Å². The van der Waals surface area contributed by atoms with Crippen LogP contribution in [0.4, 0.5) is 4.39 Å². The predicted molar refractivity (Wildman–Crippen MR) is 54.6 cm³/mol. The molecule has 0 aromatic heterocycles. The normalized spacial score (nSPS) is 11.7. The number of hydrogen-bond donors (Lipinski definition) is 1. The Labute approximate surface area is 87.5 Å². The Hall–Kier alpha value is -1.04. The third-order valence-electron chi connectivity index (χ3n) is 1.55. The van der Waals surface area contributed by atoms with Crippen molar-refractivity contribution in [1.29, 1.82) is 0 Å². The number of rotatable bonds is 1. The highest BCUT2D eigenvalue weighted by Gasteiger charge is 1.98. The topological polar surface area (TPSA) is 20.2 Å². The number of aliphatic hydroxyl groups excluding tert-OH is 1. The van der Waals surface area contributed by atoms with Crippen LogP contribution in [0.5, 0.6) is 0 Å². The molecule has 0 spiro atoms. The Morgan fingerprint density at radius 2 is 2.29 bits per heavy atom. The fraction of sp³-hybridized carbons (Fsp3) is 0.273. The molecule has 3 heteroatoms. The summed E-state index contributed by atoms with van der Waals surface area (Å²) in [6.07, 6.45) is -0.0794. The van der Waals surface area contributed by atoms with Gasteiger partial charge in [0.25, 0.3) is 0 Å². The van der Waals surface area contributed by atoms with Crippen molar-refractivity contribution in [2.24, 2.45) is 0 Å². The molecule has 14 heavy (non-hydrogen) atoms. The lowest BCUT2D eigenvalue weighted by molar-refractivity contribution is 0.201. The van der Waals surface area contributed by atoms with Gasteiger partial charge in [-0.2, -0.15) is 0 Å². The van der Waals surface area contributed by atoms with Gasteiger partial charge in [-0.3, -0.25) is 0 Å². The van der Waals surface area contributed by atoms with E-state index in [1.807, 2.05) is 0 Å². The lowest BCUT2D eigenvalue weighted by Gasteiger charge is -1.95. The van der Waals surface area contributed by atoms with Crippen molar-refractivity contribution in [2.45, 2.75) is 19.4 Å². The summed E-state index contributed by atoms with van der Waals surface area (Å²) in [4.78, 5) is 0. The Morgan fingerprint density at radius 3 is 2.86 bits per heavy atom. The van der Waals surface area contributed by atoms with Crippen molar-refractivity contribution in [3.05, 3.63) is 34.6 Å². The zero-order valence-electron chi connectivity index (χ0n) is 7.72. The molecule has 0 saturated heterocycles. The predicted octanol–water partition coefficient (Wildman–Crippen LogP) is 2.60. The molecule has 1 rings (SSSR count). The first-order valence-electron chi connectivity index (χ1n) is 4.21. The first-order valence-corrected chi connectivity index (χ1v) is 4.59. The van der Waals surface area contributed by atoms with E-state index in [9.17, 15) is 4.39 Å². The van der Waals surface area contributed by atoms with Crippen LogP contribution in [0.25, 0.3) is 0 Å². The average Bonchev–Trinajstić information content (AvgIpc) is 2.10. The van der Waals surface area contributed by atoms with E-state index in [0.29, 0.717) is 12.0 Å². The van der Waals surface area contributed by atoms with Gasteiger partial charge in [-0.1, -0.05) is 23.4 Å². The standard InChI is InChI=1S/C11H10ClFO/c1-8(14)3-2-4-9-5-6-10(12)11(13)7-9/h5-8,14H,3H2,1H3. The van der Waals surface area contributed by atoms with E-state index in [0.717, 1.165) is 0 Å². The van der Waals surface area contributed by atoms with Crippen LogP contribution in [0.2, 0.25) is 5.02 Å². The quantitative estimate of drug-likeness (QED) is 0.710. The minimum Gasteiger partial charge on any atom is -0.392 e. The molecule has 0 saturated carbocycles. The van der Waals surface area contributed by atoms with Gasteiger partial charge in [-0.05, 0) is 25.1 Å². The highest BCUT2D eigenvalue weighted by molar-refractivity contribution is 6.30. The van der Waals surface area contributed by atoms with Gasteiger partial charge in [0, 0.05) is 12.0 Å². The summed E-state index contributed by atoms with van der Waals surface area (Å²) >= 11 is 5.50. The third-order valence-corrected chi connectivity index (χ3v) is 1.86. The molecule has 1 N–H and O–H groups in total. The van der Waals surface area contributed by atoms with E-state index in [2.05, 4.69) is 11.8 Å². The van der Waals surface area contributed by atoms with Crippen molar-refractivity contribution in [3.63, 3.8) is 0 Å². The highest BCUT2D eigenvalue weighted by atomic mass is 35.5. The molecule has 1 atom stereocenters. The second-order valence-corrected chi connectivity index (χ2v) is 3.39. The summed E-state index contributed by atoms with van der Waals surface area (Å²) in [5, 5.41) is 9.02. The summed E-state index contributed by atoms with van der Waals surface area (Å²) in [5.41, 5.74) is 0.563. The van der Waals surface area contributed by atoms with Crippen molar-refractivity contribution in [3.8, 4) is 11.8 Å².